The molecule has 0 bridgehead atoms. The van der Waals surface area contributed by atoms with Crippen molar-refractivity contribution in [2.75, 3.05) is 39.3 Å². The Hall–Kier alpha value is -2.58. The number of rotatable bonds is 8. The van der Waals surface area contributed by atoms with Gasteiger partial charge in [0.25, 0.3) is 0 Å². The Balaban J connectivity index is 1.30. The quantitative estimate of drug-likeness (QED) is 0.591. The van der Waals surface area contributed by atoms with E-state index in [1.807, 2.05) is 11.0 Å². The molecule has 0 radical (unpaired) electrons. The van der Waals surface area contributed by atoms with Crippen molar-refractivity contribution in [3.63, 3.8) is 0 Å². The zero-order chi connectivity index (χ0) is 25.0. The van der Waals surface area contributed by atoms with E-state index in [4.69, 9.17) is 4.74 Å². The summed E-state index contributed by atoms with van der Waals surface area (Å²) in [5.41, 5.74) is 1.02. The number of aliphatic hydroxyl groups excluding tert-OH is 1. The number of nitrogens with zero attached hydrogens (tertiary/aromatic N) is 4. The lowest BCUT2D eigenvalue weighted by atomic mass is 9.97. The summed E-state index contributed by atoms with van der Waals surface area (Å²) in [7, 11) is 0. The van der Waals surface area contributed by atoms with Crippen LogP contribution in [0.4, 0.5) is 8.78 Å². The van der Waals surface area contributed by atoms with E-state index in [-0.39, 0.29) is 6.10 Å². The molecule has 1 aromatic heterocycles. The number of halogens is 2. The molecule has 190 valence electrons. The number of alkyl halides is 1. The Morgan fingerprint density at radius 2 is 1.94 bits per heavy atom. The minimum Gasteiger partial charge on any atom is -0.476 e. The van der Waals surface area contributed by atoms with Gasteiger partial charge in [0.05, 0.1) is 30.8 Å². The second kappa shape index (κ2) is 11.0. The summed E-state index contributed by atoms with van der Waals surface area (Å²) in [6, 6.07) is 4.97. The Kier molecular flexibility index (Phi) is 8.02. The third-order valence-corrected chi connectivity index (χ3v) is 6.76. The van der Waals surface area contributed by atoms with Gasteiger partial charge >= 0.3 is 0 Å². The average Bonchev–Trinajstić information content (AvgIpc) is 2.82. The minimum atomic E-state index is -1.18. The summed E-state index contributed by atoms with van der Waals surface area (Å²) in [5, 5.41) is 9.91. The van der Waals surface area contributed by atoms with Crippen molar-refractivity contribution in [3.8, 4) is 17.1 Å². The van der Waals surface area contributed by atoms with Crippen LogP contribution in [0.1, 0.15) is 45.1 Å². The molecule has 1 unspecified atom stereocenters. The lowest BCUT2D eigenvalue weighted by molar-refractivity contribution is 0.0829. The predicted molar refractivity (Wildman–Crippen MR) is 133 cm³/mol. The maximum atomic E-state index is 14.9. The molecule has 1 N–H and O–H groups in total. The maximum Gasteiger partial charge on any atom is 0.232 e. The molecule has 0 aliphatic carbocycles. The zero-order valence-corrected chi connectivity index (χ0v) is 20.7. The van der Waals surface area contributed by atoms with Crippen LogP contribution in [-0.4, -0.2) is 76.0 Å². The number of aliphatic hydroxyl groups is 1. The molecule has 6 nitrogen and oxygen atoms in total. The van der Waals surface area contributed by atoms with Crippen molar-refractivity contribution in [2.24, 2.45) is 5.92 Å². The molecule has 0 amide bonds. The van der Waals surface area contributed by atoms with Gasteiger partial charge < -0.3 is 19.6 Å². The highest BCUT2D eigenvalue weighted by Gasteiger charge is 2.25. The number of piperidine rings is 2. The van der Waals surface area contributed by atoms with Gasteiger partial charge in [-0.05, 0) is 70.7 Å². The van der Waals surface area contributed by atoms with Crippen LogP contribution in [0.3, 0.4) is 0 Å². The number of likely N-dealkylation sites (tertiary alicyclic amines) is 2. The highest BCUT2D eigenvalue weighted by Crippen LogP contribution is 2.28. The molecule has 2 fully saturated rings. The third-order valence-electron chi connectivity index (χ3n) is 6.76. The second-order valence-electron chi connectivity index (χ2n) is 10.4. The van der Waals surface area contributed by atoms with Crippen molar-refractivity contribution in [2.45, 2.75) is 51.3 Å². The Morgan fingerprint density at radius 1 is 1.17 bits per heavy atom. The first-order valence-electron chi connectivity index (χ1n) is 12.5. The molecular weight excluding hydrogens is 450 g/mol. The van der Waals surface area contributed by atoms with Gasteiger partial charge in [0.2, 0.25) is 5.88 Å². The fraction of sp³-hybridized carbons (Fsp3) is 0.556. The number of β-amino-alcohol motifs (C(OH)–C–C–N with tert-alkyl or cyclic N) is 1. The molecule has 2 saturated heterocycles. The Bertz CT molecular complexity index is 1000. The SMILES string of the molecule is C=C(c1ccc(-c2cnc(OCC3CCN(CC(C)(C)F)CC3)cn2)c(F)c1)N1CCCC(O)C1. The minimum absolute atomic E-state index is 0.363. The summed E-state index contributed by atoms with van der Waals surface area (Å²) in [4.78, 5) is 12.8. The van der Waals surface area contributed by atoms with E-state index in [1.165, 1.54) is 18.5 Å². The zero-order valence-electron chi connectivity index (χ0n) is 20.7. The van der Waals surface area contributed by atoms with Crippen LogP contribution in [0.15, 0.2) is 37.2 Å². The Labute approximate surface area is 206 Å². The van der Waals surface area contributed by atoms with E-state index in [2.05, 4.69) is 21.4 Å². The van der Waals surface area contributed by atoms with Crippen LogP contribution in [0.5, 0.6) is 5.88 Å². The van der Waals surface area contributed by atoms with Crippen LogP contribution in [0.2, 0.25) is 0 Å². The van der Waals surface area contributed by atoms with Crippen molar-refractivity contribution in [1.29, 1.82) is 0 Å². The van der Waals surface area contributed by atoms with Gasteiger partial charge in [-0.25, -0.2) is 18.7 Å². The van der Waals surface area contributed by atoms with Gasteiger partial charge in [-0.15, -0.1) is 0 Å². The fourth-order valence-electron chi connectivity index (χ4n) is 4.86. The molecule has 35 heavy (non-hydrogen) atoms. The first-order valence-corrected chi connectivity index (χ1v) is 12.5. The van der Waals surface area contributed by atoms with Crippen molar-refractivity contribution < 1.29 is 18.6 Å². The van der Waals surface area contributed by atoms with Crippen LogP contribution in [0.25, 0.3) is 17.0 Å². The van der Waals surface area contributed by atoms with E-state index < -0.39 is 11.5 Å². The van der Waals surface area contributed by atoms with Crippen molar-refractivity contribution >= 4 is 5.70 Å². The highest BCUT2D eigenvalue weighted by molar-refractivity contribution is 5.67. The summed E-state index contributed by atoms with van der Waals surface area (Å²) in [6.07, 6.45) is 6.27. The van der Waals surface area contributed by atoms with E-state index in [0.717, 1.165) is 45.3 Å². The van der Waals surface area contributed by atoms with Crippen LogP contribution < -0.4 is 4.74 Å². The summed E-state index contributed by atoms with van der Waals surface area (Å²) in [5.74, 6) is 0.414. The molecule has 2 aliphatic heterocycles. The third kappa shape index (κ3) is 6.98. The topological polar surface area (TPSA) is 61.7 Å². The van der Waals surface area contributed by atoms with E-state index in [1.54, 1.807) is 19.9 Å². The molecule has 1 aromatic carbocycles. The van der Waals surface area contributed by atoms with Gasteiger partial charge in [0.1, 0.15) is 11.5 Å². The molecule has 0 saturated carbocycles. The van der Waals surface area contributed by atoms with Gasteiger partial charge in [-0.2, -0.15) is 0 Å². The first-order chi connectivity index (χ1) is 16.7. The van der Waals surface area contributed by atoms with Crippen LogP contribution >= 0.6 is 0 Å². The van der Waals surface area contributed by atoms with Crippen LogP contribution in [0, 0.1) is 11.7 Å². The van der Waals surface area contributed by atoms with Crippen molar-refractivity contribution in [3.05, 3.63) is 48.6 Å². The number of hydrogen-bond acceptors (Lipinski definition) is 6. The van der Waals surface area contributed by atoms with Gasteiger partial charge in [0, 0.05) is 36.5 Å². The van der Waals surface area contributed by atoms with Crippen LogP contribution in [-0.2, 0) is 0 Å². The predicted octanol–water partition coefficient (Wildman–Crippen LogP) is 4.55. The summed E-state index contributed by atoms with van der Waals surface area (Å²) in [6.45, 7) is 11.4. The molecule has 2 aromatic rings. The smallest absolute Gasteiger partial charge is 0.232 e. The number of hydrogen-bond donors (Lipinski definition) is 1. The summed E-state index contributed by atoms with van der Waals surface area (Å²) < 4.78 is 34.6. The Morgan fingerprint density at radius 3 is 2.57 bits per heavy atom. The van der Waals surface area contributed by atoms with E-state index in [9.17, 15) is 13.9 Å². The van der Waals surface area contributed by atoms with Gasteiger partial charge in [0.15, 0.2) is 0 Å². The molecule has 0 spiro atoms. The number of ether oxygens (including phenoxy) is 1. The van der Waals surface area contributed by atoms with Crippen molar-refractivity contribution in [1.82, 2.24) is 19.8 Å². The second-order valence-corrected chi connectivity index (χ2v) is 10.4. The largest absolute Gasteiger partial charge is 0.476 e. The van der Waals surface area contributed by atoms with E-state index in [0.29, 0.717) is 54.0 Å². The first kappa shape index (κ1) is 25.5. The summed E-state index contributed by atoms with van der Waals surface area (Å²) >= 11 is 0. The van der Waals surface area contributed by atoms with Gasteiger partial charge in [-0.1, -0.05) is 12.6 Å². The fourth-order valence-corrected chi connectivity index (χ4v) is 4.86. The molecule has 2 aliphatic rings. The molecule has 8 heteroatoms. The maximum absolute atomic E-state index is 14.9. The average molecular weight is 487 g/mol. The monoisotopic (exact) mass is 486 g/mol. The molecule has 1 atom stereocenters. The standard InChI is InChI=1S/C27H36F2N4O2/c1-19(33-10-4-5-22(34)16-33)21-6-7-23(24(28)13-21)25-14-31-26(15-30-25)35-17-20-8-11-32(12-9-20)18-27(2,3)29/h6-7,13-15,20,22,34H,1,4-5,8-12,16-18H2,2-3H3. The van der Waals surface area contributed by atoms with Gasteiger partial charge in [-0.3, -0.25) is 0 Å². The van der Waals surface area contributed by atoms with E-state index >= 15 is 0 Å². The molecule has 3 heterocycles. The normalized spacial score (nSPS) is 20.1. The molecular formula is C27H36F2N4O2. The molecule has 4 rings (SSSR count). The number of aromatic nitrogens is 2. The highest BCUT2D eigenvalue weighted by atomic mass is 19.1. The lowest BCUT2D eigenvalue weighted by Crippen LogP contribution is -2.41. The lowest BCUT2D eigenvalue weighted by Gasteiger charge is -2.34. The number of benzene rings is 1.